The van der Waals surface area contributed by atoms with Crippen molar-refractivity contribution >= 4 is 17.2 Å². The highest BCUT2D eigenvalue weighted by molar-refractivity contribution is 7.13. The van der Waals surface area contributed by atoms with Crippen molar-refractivity contribution in [3.63, 3.8) is 0 Å². The molecule has 0 saturated carbocycles. The molecule has 30 heavy (non-hydrogen) atoms. The Kier molecular flexibility index (Phi) is 4.93. The maximum absolute atomic E-state index is 12.8. The summed E-state index contributed by atoms with van der Waals surface area (Å²) in [4.78, 5) is 22.3. The van der Waals surface area contributed by atoms with Gasteiger partial charge in [-0.2, -0.15) is 10.1 Å². The first-order valence-corrected chi connectivity index (χ1v) is 10.5. The summed E-state index contributed by atoms with van der Waals surface area (Å²) in [5.74, 6) is 2.61. The van der Waals surface area contributed by atoms with Crippen LogP contribution >= 0.6 is 11.3 Å². The smallest absolute Gasteiger partial charge is 0.274 e. The monoisotopic (exact) mass is 424 g/mol. The third kappa shape index (κ3) is 3.79. The number of furan rings is 1. The maximum atomic E-state index is 12.8. The Hall–Kier alpha value is -3.24. The average Bonchev–Trinajstić information content (AvgIpc) is 3.54. The van der Waals surface area contributed by atoms with Crippen LogP contribution in [-0.2, 0) is 6.54 Å². The van der Waals surface area contributed by atoms with Crippen molar-refractivity contribution in [3.8, 4) is 22.2 Å². The molecule has 154 valence electrons. The fourth-order valence-electron chi connectivity index (χ4n) is 3.42. The van der Waals surface area contributed by atoms with Gasteiger partial charge in [0.15, 0.2) is 11.5 Å². The number of H-pyrrole nitrogens is 1. The van der Waals surface area contributed by atoms with Gasteiger partial charge in [-0.3, -0.25) is 14.8 Å². The van der Waals surface area contributed by atoms with Crippen molar-refractivity contribution in [3.05, 3.63) is 53.1 Å². The van der Waals surface area contributed by atoms with Crippen LogP contribution in [-0.4, -0.2) is 62.2 Å². The summed E-state index contributed by atoms with van der Waals surface area (Å²) >= 11 is 1.58. The molecule has 1 aliphatic heterocycles. The van der Waals surface area contributed by atoms with E-state index in [0.717, 1.165) is 23.7 Å². The average molecular weight is 424 g/mol. The SMILES string of the molecule is Cc1ccc(-c2cc(C(=O)N3CCN(Cc4nc(-c5cccs5)no4)CC3)n[nH]2)o1. The number of nitrogens with zero attached hydrogens (tertiary/aromatic N) is 5. The van der Waals surface area contributed by atoms with E-state index in [1.54, 1.807) is 17.4 Å². The van der Waals surface area contributed by atoms with Crippen molar-refractivity contribution < 1.29 is 13.7 Å². The standard InChI is InChI=1S/C20H20N6O3S/c1-13-4-5-16(28-13)14-11-15(23-22-14)20(27)26-8-6-25(7-9-26)12-18-21-19(24-29-18)17-3-2-10-30-17/h2-5,10-11H,6-9,12H2,1H3,(H,22,23). The van der Waals surface area contributed by atoms with Crippen LogP contribution in [0.3, 0.4) is 0 Å². The zero-order chi connectivity index (χ0) is 20.5. The molecule has 4 aromatic rings. The molecule has 4 aromatic heterocycles. The molecule has 0 aromatic carbocycles. The second-order valence-corrected chi connectivity index (χ2v) is 8.08. The molecule has 1 amide bonds. The summed E-state index contributed by atoms with van der Waals surface area (Å²) in [7, 11) is 0. The lowest BCUT2D eigenvalue weighted by atomic mass is 10.2. The zero-order valence-electron chi connectivity index (χ0n) is 16.4. The van der Waals surface area contributed by atoms with Crippen molar-refractivity contribution in [2.75, 3.05) is 26.2 Å². The van der Waals surface area contributed by atoms with Crippen LogP contribution in [0, 0.1) is 6.92 Å². The summed E-state index contributed by atoms with van der Waals surface area (Å²) < 4.78 is 11.0. The molecule has 1 fully saturated rings. The van der Waals surface area contributed by atoms with Crippen LogP contribution in [0.4, 0.5) is 0 Å². The predicted octanol–water partition coefficient (Wildman–Crippen LogP) is 3.05. The van der Waals surface area contributed by atoms with E-state index in [4.69, 9.17) is 8.94 Å². The molecular weight excluding hydrogens is 404 g/mol. The third-order valence-corrected chi connectivity index (χ3v) is 5.90. The van der Waals surface area contributed by atoms with Gasteiger partial charge in [-0.05, 0) is 30.5 Å². The Balaban J connectivity index is 1.17. The van der Waals surface area contributed by atoms with Gasteiger partial charge >= 0.3 is 0 Å². The molecule has 9 nitrogen and oxygen atoms in total. The molecule has 5 rings (SSSR count). The van der Waals surface area contributed by atoms with Gasteiger partial charge in [0.1, 0.15) is 11.5 Å². The van der Waals surface area contributed by atoms with E-state index < -0.39 is 0 Å². The number of piperazine rings is 1. The fourth-order valence-corrected chi connectivity index (χ4v) is 4.07. The quantitative estimate of drug-likeness (QED) is 0.525. The third-order valence-electron chi connectivity index (χ3n) is 5.03. The number of hydrogen-bond donors (Lipinski definition) is 1. The topological polar surface area (TPSA) is 104 Å². The molecule has 10 heteroatoms. The van der Waals surface area contributed by atoms with Crippen LogP contribution in [0.25, 0.3) is 22.2 Å². The normalized spacial score (nSPS) is 15.0. The van der Waals surface area contributed by atoms with Gasteiger partial charge in [-0.25, -0.2) is 0 Å². The number of aryl methyl sites for hydroxylation is 1. The van der Waals surface area contributed by atoms with E-state index >= 15 is 0 Å². The number of carbonyl (C=O) groups is 1. The summed E-state index contributed by atoms with van der Waals surface area (Å²) in [6.07, 6.45) is 0. The molecule has 0 radical (unpaired) electrons. The predicted molar refractivity (Wildman–Crippen MR) is 110 cm³/mol. The molecule has 0 bridgehead atoms. The maximum Gasteiger partial charge on any atom is 0.274 e. The second kappa shape index (κ2) is 7.88. The first kappa shape index (κ1) is 18.8. The molecular formula is C20H20N6O3S. The Morgan fingerprint density at radius 2 is 2.10 bits per heavy atom. The van der Waals surface area contributed by atoms with Crippen molar-refractivity contribution in [1.82, 2.24) is 30.1 Å². The van der Waals surface area contributed by atoms with Crippen LogP contribution in [0.15, 0.2) is 44.7 Å². The van der Waals surface area contributed by atoms with Gasteiger partial charge in [0.05, 0.1) is 11.4 Å². The van der Waals surface area contributed by atoms with Gasteiger partial charge in [0.2, 0.25) is 11.7 Å². The second-order valence-electron chi connectivity index (χ2n) is 7.13. The van der Waals surface area contributed by atoms with Gasteiger partial charge in [0.25, 0.3) is 5.91 Å². The first-order valence-electron chi connectivity index (χ1n) is 9.66. The van der Waals surface area contributed by atoms with Crippen molar-refractivity contribution in [1.29, 1.82) is 0 Å². The van der Waals surface area contributed by atoms with Crippen molar-refractivity contribution in [2.45, 2.75) is 13.5 Å². The molecule has 1 aliphatic rings. The van der Waals surface area contributed by atoms with E-state index in [9.17, 15) is 4.79 Å². The highest BCUT2D eigenvalue weighted by Crippen LogP contribution is 2.23. The van der Waals surface area contributed by atoms with Crippen LogP contribution in [0.5, 0.6) is 0 Å². The van der Waals surface area contributed by atoms with Crippen molar-refractivity contribution in [2.24, 2.45) is 0 Å². The number of aromatic amines is 1. The Labute approximate surface area is 176 Å². The minimum Gasteiger partial charge on any atom is -0.460 e. The summed E-state index contributed by atoms with van der Waals surface area (Å²) in [5.41, 5.74) is 1.09. The minimum absolute atomic E-state index is 0.0850. The minimum atomic E-state index is -0.0850. The first-order chi connectivity index (χ1) is 14.7. The summed E-state index contributed by atoms with van der Waals surface area (Å²) in [5, 5.41) is 13.1. The molecule has 0 spiro atoms. The molecule has 0 atom stereocenters. The number of nitrogens with one attached hydrogen (secondary N) is 1. The lowest BCUT2D eigenvalue weighted by Crippen LogP contribution is -2.48. The zero-order valence-corrected chi connectivity index (χ0v) is 17.2. The van der Waals surface area contributed by atoms with Crippen LogP contribution < -0.4 is 0 Å². The number of rotatable bonds is 5. The Morgan fingerprint density at radius 3 is 2.83 bits per heavy atom. The molecule has 0 aliphatic carbocycles. The molecule has 1 saturated heterocycles. The van der Waals surface area contributed by atoms with E-state index in [-0.39, 0.29) is 5.91 Å². The van der Waals surface area contributed by atoms with E-state index in [2.05, 4.69) is 25.2 Å². The molecule has 5 heterocycles. The van der Waals surface area contributed by atoms with E-state index in [0.29, 0.717) is 48.5 Å². The molecule has 1 N–H and O–H groups in total. The Bertz CT molecular complexity index is 1140. The van der Waals surface area contributed by atoms with E-state index in [1.807, 2.05) is 41.5 Å². The highest BCUT2D eigenvalue weighted by atomic mass is 32.1. The number of thiophene rings is 1. The fraction of sp³-hybridized carbons (Fsp3) is 0.300. The van der Waals surface area contributed by atoms with Gasteiger partial charge in [-0.15, -0.1) is 11.3 Å². The summed E-state index contributed by atoms with van der Waals surface area (Å²) in [6.45, 7) is 5.15. The van der Waals surface area contributed by atoms with Gasteiger partial charge in [0, 0.05) is 32.2 Å². The van der Waals surface area contributed by atoms with Crippen LogP contribution in [0.1, 0.15) is 22.1 Å². The number of carbonyl (C=O) groups excluding carboxylic acids is 1. The lowest BCUT2D eigenvalue weighted by molar-refractivity contribution is 0.0609. The summed E-state index contributed by atoms with van der Waals surface area (Å²) in [6, 6.07) is 9.40. The van der Waals surface area contributed by atoms with Gasteiger partial charge < -0.3 is 13.8 Å². The highest BCUT2D eigenvalue weighted by Gasteiger charge is 2.25. The largest absolute Gasteiger partial charge is 0.460 e. The number of aromatic nitrogens is 4. The number of amides is 1. The lowest BCUT2D eigenvalue weighted by Gasteiger charge is -2.33. The van der Waals surface area contributed by atoms with Gasteiger partial charge in [-0.1, -0.05) is 11.2 Å². The molecule has 0 unspecified atom stereocenters. The Morgan fingerprint density at radius 1 is 1.23 bits per heavy atom. The van der Waals surface area contributed by atoms with E-state index in [1.165, 1.54) is 0 Å². The van der Waals surface area contributed by atoms with Crippen LogP contribution in [0.2, 0.25) is 0 Å². The number of hydrogen-bond acceptors (Lipinski definition) is 8.